The molecule has 2 aromatic rings. The summed E-state index contributed by atoms with van der Waals surface area (Å²) in [5.74, 6) is -0.659. The summed E-state index contributed by atoms with van der Waals surface area (Å²) in [6.07, 6.45) is 0.948. The Morgan fingerprint density at radius 2 is 2.00 bits per heavy atom. The zero-order valence-electron chi connectivity index (χ0n) is 13.8. The molecule has 2 rings (SSSR count). The van der Waals surface area contributed by atoms with E-state index in [-0.39, 0.29) is 23.4 Å². The molecule has 1 atom stereocenters. The fourth-order valence-electron chi connectivity index (χ4n) is 2.12. The van der Waals surface area contributed by atoms with Crippen molar-refractivity contribution in [3.8, 4) is 5.75 Å². The lowest BCUT2D eigenvalue weighted by molar-refractivity contribution is -0.123. The number of carbonyl (C=O) groups is 2. The molecular weight excluding hydrogens is 328 g/mol. The van der Waals surface area contributed by atoms with Crippen molar-refractivity contribution in [1.29, 1.82) is 0 Å². The second-order valence-electron chi connectivity index (χ2n) is 5.35. The molecule has 1 aromatic carbocycles. The molecule has 6 nitrogen and oxygen atoms in total. The molecule has 0 aliphatic heterocycles. The summed E-state index contributed by atoms with van der Waals surface area (Å²) in [7, 11) is 0. The van der Waals surface area contributed by atoms with E-state index in [4.69, 9.17) is 9.84 Å². The normalized spacial score (nSPS) is 11.8. The van der Waals surface area contributed by atoms with Crippen LogP contribution in [-0.4, -0.2) is 28.6 Å². The number of carboxylic acid groups (broad SMARTS) is 1. The van der Waals surface area contributed by atoms with Crippen LogP contribution in [0.15, 0.2) is 24.3 Å². The predicted molar refractivity (Wildman–Crippen MR) is 91.7 cm³/mol. The van der Waals surface area contributed by atoms with Crippen LogP contribution in [0.5, 0.6) is 5.75 Å². The van der Waals surface area contributed by atoms with Gasteiger partial charge in [-0.25, -0.2) is 9.78 Å². The van der Waals surface area contributed by atoms with Crippen molar-refractivity contribution in [2.45, 2.75) is 33.2 Å². The standard InChI is InChI=1S/C17H20N2O4S/c1-4-12-5-7-13(8-6-12)23-9-14(20)18-11(3)16-19-10(2)15(24-16)17(21)22/h5-8,11H,4,9H2,1-3H3,(H,18,20)(H,21,22). The van der Waals surface area contributed by atoms with Gasteiger partial charge in [-0.05, 0) is 38.0 Å². The van der Waals surface area contributed by atoms with Crippen LogP contribution >= 0.6 is 11.3 Å². The maximum absolute atomic E-state index is 12.0. The molecule has 0 saturated carbocycles. The molecule has 24 heavy (non-hydrogen) atoms. The minimum absolute atomic E-state index is 0.105. The zero-order chi connectivity index (χ0) is 17.7. The molecule has 0 bridgehead atoms. The second-order valence-corrected chi connectivity index (χ2v) is 6.38. The lowest BCUT2D eigenvalue weighted by atomic mass is 10.2. The van der Waals surface area contributed by atoms with Crippen molar-refractivity contribution in [1.82, 2.24) is 10.3 Å². The van der Waals surface area contributed by atoms with E-state index in [0.29, 0.717) is 16.5 Å². The lowest BCUT2D eigenvalue weighted by Gasteiger charge is -2.12. The highest BCUT2D eigenvalue weighted by Gasteiger charge is 2.19. The largest absolute Gasteiger partial charge is 0.484 e. The molecule has 0 fully saturated rings. The number of amides is 1. The summed E-state index contributed by atoms with van der Waals surface area (Å²) in [6.45, 7) is 5.37. The SMILES string of the molecule is CCc1ccc(OCC(=O)NC(C)c2nc(C)c(C(=O)O)s2)cc1. The average Bonchev–Trinajstić information content (AvgIpc) is 2.95. The van der Waals surface area contributed by atoms with E-state index < -0.39 is 5.97 Å². The smallest absolute Gasteiger partial charge is 0.347 e. The number of aromatic carboxylic acids is 1. The molecule has 7 heteroatoms. The van der Waals surface area contributed by atoms with Crippen molar-refractivity contribution in [3.05, 3.63) is 45.4 Å². The summed E-state index contributed by atoms with van der Waals surface area (Å²) in [5, 5.41) is 12.4. The molecule has 0 spiro atoms. The molecule has 1 amide bonds. The lowest BCUT2D eigenvalue weighted by Crippen LogP contribution is -2.31. The van der Waals surface area contributed by atoms with Crippen molar-refractivity contribution < 1.29 is 19.4 Å². The quantitative estimate of drug-likeness (QED) is 0.803. The fourth-order valence-corrected chi connectivity index (χ4v) is 3.02. The number of hydrogen-bond acceptors (Lipinski definition) is 5. The molecular formula is C17H20N2O4S. The molecule has 1 unspecified atom stereocenters. The summed E-state index contributed by atoms with van der Waals surface area (Å²) >= 11 is 1.07. The number of nitrogens with one attached hydrogen (secondary N) is 1. The van der Waals surface area contributed by atoms with Gasteiger partial charge in [-0.1, -0.05) is 19.1 Å². The highest BCUT2D eigenvalue weighted by molar-refractivity contribution is 7.13. The van der Waals surface area contributed by atoms with Crippen molar-refractivity contribution >= 4 is 23.2 Å². The molecule has 0 aliphatic carbocycles. The Hall–Kier alpha value is -2.41. The van der Waals surface area contributed by atoms with Crippen LogP contribution in [0.4, 0.5) is 0 Å². The molecule has 2 N–H and O–H groups in total. The van der Waals surface area contributed by atoms with Gasteiger partial charge in [0, 0.05) is 0 Å². The summed E-state index contributed by atoms with van der Waals surface area (Å²) in [6, 6.07) is 7.21. The minimum Gasteiger partial charge on any atom is -0.484 e. The third kappa shape index (κ3) is 4.55. The van der Waals surface area contributed by atoms with Gasteiger partial charge in [-0.2, -0.15) is 0 Å². The summed E-state index contributed by atoms with van der Waals surface area (Å²) < 4.78 is 5.45. The highest BCUT2D eigenvalue weighted by atomic mass is 32.1. The van der Waals surface area contributed by atoms with E-state index in [2.05, 4.69) is 17.2 Å². The number of thiazole rings is 1. The van der Waals surface area contributed by atoms with E-state index >= 15 is 0 Å². The van der Waals surface area contributed by atoms with Gasteiger partial charge in [0.25, 0.3) is 5.91 Å². The molecule has 0 radical (unpaired) electrons. The molecule has 128 valence electrons. The maximum Gasteiger partial charge on any atom is 0.347 e. The second kappa shape index (κ2) is 7.92. The Kier molecular flexibility index (Phi) is 5.92. The van der Waals surface area contributed by atoms with Gasteiger partial charge in [0.2, 0.25) is 0 Å². The van der Waals surface area contributed by atoms with Crippen LogP contribution in [0.3, 0.4) is 0 Å². The van der Waals surface area contributed by atoms with Crippen LogP contribution < -0.4 is 10.1 Å². The Bertz CT molecular complexity index is 725. The number of aryl methyl sites for hydroxylation is 2. The van der Waals surface area contributed by atoms with Gasteiger partial charge in [0.05, 0.1) is 11.7 Å². The van der Waals surface area contributed by atoms with Crippen LogP contribution in [0.1, 0.15) is 45.8 Å². The third-order valence-electron chi connectivity index (χ3n) is 3.46. The first kappa shape index (κ1) is 17.9. The maximum atomic E-state index is 12.0. The summed E-state index contributed by atoms with van der Waals surface area (Å²) in [4.78, 5) is 27.4. The van der Waals surface area contributed by atoms with Gasteiger partial charge in [-0.15, -0.1) is 11.3 Å². The first-order chi connectivity index (χ1) is 11.4. The predicted octanol–water partition coefficient (Wildman–Crippen LogP) is 2.97. The number of carbonyl (C=O) groups excluding carboxylic acids is 1. The number of hydrogen-bond donors (Lipinski definition) is 2. The average molecular weight is 348 g/mol. The number of nitrogens with zero attached hydrogens (tertiary/aromatic N) is 1. The number of carboxylic acids is 1. The van der Waals surface area contributed by atoms with Gasteiger partial charge in [0.15, 0.2) is 6.61 Å². The van der Waals surface area contributed by atoms with E-state index in [1.807, 2.05) is 24.3 Å². The van der Waals surface area contributed by atoms with Gasteiger partial charge >= 0.3 is 5.97 Å². The Balaban J connectivity index is 1.89. The van der Waals surface area contributed by atoms with Crippen LogP contribution in [0, 0.1) is 6.92 Å². The molecule has 1 heterocycles. The number of benzene rings is 1. The van der Waals surface area contributed by atoms with Crippen molar-refractivity contribution in [3.63, 3.8) is 0 Å². The zero-order valence-corrected chi connectivity index (χ0v) is 14.6. The minimum atomic E-state index is -1.01. The fraction of sp³-hybridized carbons (Fsp3) is 0.353. The van der Waals surface area contributed by atoms with Crippen LogP contribution in [-0.2, 0) is 11.2 Å². The Morgan fingerprint density at radius 3 is 2.54 bits per heavy atom. The number of rotatable bonds is 7. The van der Waals surface area contributed by atoms with Crippen LogP contribution in [0.2, 0.25) is 0 Å². The van der Waals surface area contributed by atoms with E-state index in [9.17, 15) is 9.59 Å². The molecule has 0 saturated heterocycles. The van der Waals surface area contributed by atoms with Crippen molar-refractivity contribution in [2.75, 3.05) is 6.61 Å². The first-order valence-electron chi connectivity index (χ1n) is 7.62. The van der Waals surface area contributed by atoms with E-state index in [1.54, 1.807) is 13.8 Å². The van der Waals surface area contributed by atoms with Gasteiger partial charge in [0.1, 0.15) is 15.6 Å². The van der Waals surface area contributed by atoms with Crippen LogP contribution in [0.25, 0.3) is 0 Å². The molecule has 0 aliphatic rings. The number of ether oxygens (including phenoxy) is 1. The topological polar surface area (TPSA) is 88.5 Å². The van der Waals surface area contributed by atoms with E-state index in [1.165, 1.54) is 5.56 Å². The molecule has 1 aromatic heterocycles. The van der Waals surface area contributed by atoms with Gasteiger partial charge < -0.3 is 15.2 Å². The third-order valence-corrected chi connectivity index (χ3v) is 4.78. The first-order valence-corrected chi connectivity index (χ1v) is 8.44. The summed E-state index contributed by atoms with van der Waals surface area (Å²) in [5.41, 5.74) is 1.66. The Labute approximate surface area is 144 Å². The number of aromatic nitrogens is 1. The highest BCUT2D eigenvalue weighted by Crippen LogP contribution is 2.23. The monoisotopic (exact) mass is 348 g/mol. The van der Waals surface area contributed by atoms with Gasteiger partial charge in [-0.3, -0.25) is 4.79 Å². The van der Waals surface area contributed by atoms with E-state index in [0.717, 1.165) is 17.8 Å². The van der Waals surface area contributed by atoms with Crippen molar-refractivity contribution in [2.24, 2.45) is 0 Å². The Morgan fingerprint density at radius 1 is 1.33 bits per heavy atom.